The molecule has 5 rings (SSSR count). The molecule has 1 aliphatic carbocycles. The van der Waals surface area contributed by atoms with Gasteiger partial charge in [0.05, 0.1) is 11.1 Å². The average molecular weight is 545 g/mol. The number of hydrogen-bond acceptors (Lipinski definition) is 3. The molecular formula is C30H32ClF3N2O2. The highest BCUT2D eigenvalue weighted by Gasteiger charge is 2.39. The van der Waals surface area contributed by atoms with Crippen LogP contribution in [0.2, 0.25) is 5.02 Å². The molecule has 1 saturated heterocycles. The topological polar surface area (TPSA) is 41.6 Å². The zero-order chi connectivity index (χ0) is 26.7. The van der Waals surface area contributed by atoms with Gasteiger partial charge in [0.2, 0.25) is 0 Å². The Balaban J connectivity index is 1.23. The highest BCUT2D eigenvalue weighted by Crippen LogP contribution is 2.33. The summed E-state index contributed by atoms with van der Waals surface area (Å²) in [5.74, 6) is -4.50. The van der Waals surface area contributed by atoms with Crippen LogP contribution in [0.1, 0.15) is 43.2 Å². The number of benzene rings is 3. The molecule has 1 amide bonds. The van der Waals surface area contributed by atoms with E-state index in [1.54, 1.807) is 30.3 Å². The van der Waals surface area contributed by atoms with E-state index in [0.717, 1.165) is 49.7 Å². The molecular weight excluding hydrogens is 513 g/mol. The van der Waals surface area contributed by atoms with Crippen LogP contribution in [0, 0.1) is 5.82 Å². The van der Waals surface area contributed by atoms with Gasteiger partial charge in [0.15, 0.2) is 0 Å². The molecule has 8 heteroatoms. The molecule has 0 radical (unpaired) electrons. The lowest BCUT2D eigenvalue weighted by Gasteiger charge is -2.27. The highest BCUT2D eigenvalue weighted by molar-refractivity contribution is 6.32. The first-order valence-corrected chi connectivity index (χ1v) is 13.7. The number of carbonyl (C=O) groups excluding carboxylic acids is 1. The van der Waals surface area contributed by atoms with E-state index < -0.39 is 24.3 Å². The Labute approximate surface area is 226 Å². The van der Waals surface area contributed by atoms with Crippen molar-refractivity contribution in [2.45, 2.75) is 63.0 Å². The normalized spacial score (nSPS) is 17.1. The molecule has 1 aliphatic heterocycles. The van der Waals surface area contributed by atoms with Crippen LogP contribution in [0.5, 0.6) is 5.75 Å². The third kappa shape index (κ3) is 7.00. The predicted molar refractivity (Wildman–Crippen MR) is 144 cm³/mol. The van der Waals surface area contributed by atoms with Gasteiger partial charge in [-0.05, 0) is 97.8 Å². The molecule has 202 valence electrons. The van der Waals surface area contributed by atoms with Crippen molar-refractivity contribution in [2.75, 3.05) is 19.6 Å². The molecule has 0 spiro atoms. The van der Waals surface area contributed by atoms with Crippen molar-refractivity contribution in [1.82, 2.24) is 10.2 Å². The number of rotatable bonds is 11. The largest absolute Gasteiger partial charge is 0.489 e. The van der Waals surface area contributed by atoms with Gasteiger partial charge in [0, 0.05) is 19.0 Å². The fourth-order valence-electron chi connectivity index (χ4n) is 4.98. The quantitative estimate of drug-likeness (QED) is 0.297. The van der Waals surface area contributed by atoms with E-state index in [0.29, 0.717) is 34.7 Å². The Kier molecular flexibility index (Phi) is 8.15. The number of ether oxygens (including phenoxy) is 1. The number of likely N-dealkylation sites (tertiary alicyclic amines) is 1. The Bertz CT molecular complexity index is 1290. The second-order valence-corrected chi connectivity index (χ2v) is 10.9. The monoisotopic (exact) mass is 544 g/mol. The van der Waals surface area contributed by atoms with Crippen molar-refractivity contribution >= 4 is 28.3 Å². The fourth-order valence-corrected chi connectivity index (χ4v) is 5.23. The molecule has 3 aromatic rings. The first kappa shape index (κ1) is 26.8. The third-order valence-corrected chi connectivity index (χ3v) is 7.53. The van der Waals surface area contributed by atoms with Crippen LogP contribution in [0.15, 0.2) is 54.6 Å². The number of halogens is 4. The summed E-state index contributed by atoms with van der Waals surface area (Å²) in [5, 5.41) is 4.60. The van der Waals surface area contributed by atoms with Crippen LogP contribution in [-0.4, -0.2) is 48.5 Å². The molecule has 1 heterocycles. The third-order valence-electron chi connectivity index (χ3n) is 7.24. The van der Waals surface area contributed by atoms with E-state index in [-0.39, 0.29) is 18.3 Å². The van der Waals surface area contributed by atoms with Crippen LogP contribution in [0.25, 0.3) is 10.8 Å². The SMILES string of the molecule is O=C(N[C@@H](Cc1ccc(OC2CC2)c(Cl)c1)CN1CCCC1)C(F)(F)CCc1ccc2cc(F)ccc2c1. The summed E-state index contributed by atoms with van der Waals surface area (Å²) in [6.45, 7) is 2.29. The predicted octanol–water partition coefficient (Wildman–Crippen LogP) is 6.56. The highest BCUT2D eigenvalue weighted by atomic mass is 35.5. The number of nitrogens with one attached hydrogen (secondary N) is 1. The first-order valence-electron chi connectivity index (χ1n) is 13.3. The molecule has 0 aromatic heterocycles. The Morgan fingerprint density at radius 2 is 1.74 bits per heavy atom. The molecule has 1 saturated carbocycles. The van der Waals surface area contributed by atoms with E-state index in [1.165, 1.54) is 12.1 Å². The van der Waals surface area contributed by atoms with Gasteiger partial charge in [0.25, 0.3) is 5.91 Å². The maximum atomic E-state index is 15.0. The molecule has 1 N–H and O–H groups in total. The van der Waals surface area contributed by atoms with E-state index in [1.807, 2.05) is 12.1 Å². The standard InChI is InChI=1S/C30H32ClF3N2O2/c31-27-17-21(4-10-28(27)38-26-8-9-26)16-25(19-36-13-1-2-14-36)35-29(37)30(33,34)12-11-20-3-5-23-18-24(32)7-6-22(23)15-20/h3-7,10,15,17-18,25-26H,1-2,8-9,11-14,16,19H2,(H,35,37)/t25-/m0/s1. The number of carbonyl (C=O) groups is 1. The van der Waals surface area contributed by atoms with E-state index in [9.17, 15) is 9.18 Å². The number of amides is 1. The summed E-state index contributed by atoms with van der Waals surface area (Å²) < 4.78 is 49.3. The molecule has 1 atom stereocenters. The van der Waals surface area contributed by atoms with Crippen molar-refractivity contribution in [2.24, 2.45) is 0 Å². The smallest absolute Gasteiger partial charge is 0.324 e. The van der Waals surface area contributed by atoms with Crippen molar-refractivity contribution in [3.05, 3.63) is 76.6 Å². The Morgan fingerprint density at radius 3 is 2.47 bits per heavy atom. The van der Waals surface area contributed by atoms with Crippen LogP contribution in [-0.2, 0) is 17.6 Å². The number of alkyl halides is 2. The Hall–Kier alpha value is -2.77. The van der Waals surface area contributed by atoms with Crippen molar-refractivity contribution in [3.8, 4) is 5.75 Å². The summed E-state index contributed by atoms with van der Waals surface area (Å²) in [4.78, 5) is 15.0. The van der Waals surface area contributed by atoms with Crippen LogP contribution in [0.3, 0.4) is 0 Å². The minimum Gasteiger partial charge on any atom is -0.489 e. The van der Waals surface area contributed by atoms with Gasteiger partial charge in [-0.3, -0.25) is 4.79 Å². The lowest BCUT2D eigenvalue weighted by atomic mass is 10.0. The fraction of sp³-hybridized carbons (Fsp3) is 0.433. The molecule has 0 unspecified atom stereocenters. The van der Waals surface area contributed by atoms with Crippen molar-refractivity contribution in [3.63, 3.8) is 0 Å². The van der Waals surface area contributed by atoms with E-state index >= 15 is 8.78 Å². The van der Waals surface area contributed by atoms with E-state index in [4.69, 9.17) is 16.3 Å². The first-order chi connectivity index (χ1) is 18.2. The van der Waals surface area contributed by atoms with Gasteiger partial charge in [-0.25, -0.2) is 4.39 Å². The summed E-state index contributed by atoms with van der Waals surface area (Å²) in [5.41, 5.74) is 1.53. The van der Waals surface area contributed by atoms with Crippen LogP contribution in [0.4, 0.5) is 13.2 Å². The average Bonchev–Trinajstić information content (AvgIpc) is 3.56. The van der Waals surface area contributed by atoms with Crippen molar-refractivity contribution < 1.29 is 22.7 Å². The second-order valence-electron chi connectivity index (χ2n) is 10.5. The number of nitrogens with zero attached hydrogens (tertiary/aromatic N) is 1. The molecule has 2 aliphatic rings. The summed E-state index contributed by atoms with van der Waals surface area (Å²) in [7, 11) is 0. The number of fused-ring (bicyclic) bond motifs is 1. The lowest BCUT2D eigenvalue weighted by Crippen LogP contribution is -2.50. The van der Waals surface area contributed by atoms with Crippen molar-refractivity contribution in [1.29, 1.82) is 0 Å². The summed E-state index contributed by atoms with van der Waals surface area (Å²) >= 11 is 6.42. The molecule has 2 fully saturated rings. The van der Waals surface area contributed by atoms with Gasteiger partial charge in [-0.1, -0.05) is 41.9 Å². The zero-order valence-corrected chi connectivity index (χ0v) is 22.0. The number of hydrogen-bond donors (Lipinski definition) is 1. The molecule has 38 heavy (non-hydrogen) atoms. The van der Waals surface area contributed by atoms with E-state index in [2.05, 4.69) is 10.2 Å². The maximum Gasteiger partial charge on any atom is 0.324 e. The molecule has 3 aromatic carbocycles. The molecule has 4 nitrogen and oxygen atoms in total. The Morgan fingerprint density at radius 1 is 1.03 bits per heavy atom. The molecule has 0 bridgehead atoms. The van der Waals surface area contributed by atoms with Crippen LogP contribution >= 0.6 is 11.6 Å². The summed E-state index contributed by atoms with van der Waals surface area (Å²) in [6, 6.07) is 14.6. The van der Waals surface area contributed by atoms with Gasteiger partial charge in [-0.2, -0.15) is 8.78 Å². The maximum absolute atomic E-state index is 15.0. The minimum absolute atomic E-state index is 0.0303. The van der Waals surface area contributed by atoms with Gasteiger partial charge in [0.1, 0.15) is 11.6 Å². The lowest BCUT2D eigenvalue weighted by molar-refractivity contribution is -0.147. The minimum atomic E-state index is -3.53. The van der Waals surface area contributed by atoms with Gasteiger partial charge in [-0.15, -0.1) is 0 Å². The van der Waals surface area contributed by atoms with Gasteiger partial charge < -0.3 is 15.0 Å². The second kappa shape index (κ2) is 11.5. The van der Waals surface area contributed by atoms with Crippen LogP contribution < -0.4 is 10.1 Å². The number of aryl methyl sites for hydroxylation is 1. The van der Waals surface area contributed by atoms with Gasteiger partial charge >= 0.3 is 5.92 Å². The summed E-state index contributed by atoms with van der Waals surface area (Å²) in [6.07, 6.45) is 4.21. The zero-order valence-electron chi connectivity index (χ0n) is 21.2.